The van der Waals surface area contributed by atoms with Crippen molar-refractivity contribution >= 4 is 23.2 Å². The van der Waals surface area contributed by atoms with E-state index in [2.05, 4.69) is 88.0 Å². The van der Waals surface area contributed by atoms with E-state index in [1.807, 2.05) is 12.2 Å². The molecule has 1 fully saturated rings. The molecule has 0 radical (unpaired) electrons. The third kappa shape index (κ3) is 13.2. The van der Waals surface area contributed by atoms with Crippen LogP contribution >= 0.6 is 0 Å². The van der Waals surface area contributed by atoms with E-state index < -0.39 is 6.09 Å². The normalized spacial score (nSPS) is 17.3. The van der Waals surface area contributed by atoms with E-state index >= 15 is 0 Å². The Balaban J connectivity index is 1.22. The zero-order valence-electron chi connectivity index (χ0n) is 26.8. The van der Waals surface area contributed by atoms with Gasteiger partial charge < -0.3 is 25.0 Å². The van der Waals surface area contributed by atoms with Crippen molar-refractivity contribution in [3.05, 3.63) is 95.9 Å². The van der Waals surface area contributed by atoms with Crippen molar-refractivity contribution in [2.24, 2.45) is 0 Å². The molecule has 2 aromatic heterocycles. The number of hydrogen-bond acceptors (Lipinski definition) is 6. The van der Waals surface area contributed by atoms with Crippen LogP contribution in [0.15, 0.2) is 90.4 Å². The van der Waals surface area contributed by atoms with Crippen LogP contribution in [0.3, 0.4) is 0 Å². The highest BCUT2D eigenvalue weighted by Crippen LogP contribution is 2.30. The standard InChI is InChI=1S/C35H48N6O5/c1-2-3-4-5-6-7-8-9-10-11-12-13-14-15-16-17-18-19-20-21-30(42)36-24-25-40(35(44)45)26-29-22-23-31(46-29)41-28-39-32-33(41)37-27-38-34(32)43/h3-4,6-7,9-10,12-13,15-16,18-19,27-29,31H,2,5,8,11,14,17,20-26H2,1H3,(H,36,42)(H,44,45)(H,37,38,43)/t29-,31+/m0/s1. The van der Waals surface area contributed by atoms with E-state index in [-0.39, 0.29) is 48.9 Å². The number of carboxylic acid groups (broad SMARTS) is 1. The quantitative estimate of drug-likeness (QED) is 0.144. The number of rotatable bonds is 20. The van der Waals surface area contributed by atoms with Crippen molar-refractivity contribution < 1.29 is 19.4 Å². The number of amides is 2. The third-order valence-corrected chi connectivity index (χ3v) is 7.29. The number of ether oxygens (including phenoxy) is 1. The summed E-state index contributed by atoms with van der Waals surface area (Å²) in [5, 5.41) is 12.5. The Morgan fingerprint density at radius 3 is 2.17 bits per heavy atom. The molecule has 1 aliphatic rings. The molecule has 2 atom stereocenters. The van der Waals surface area contributed by atoms with Gasteiger partial charge in [-0.25, -0.2) is 14.8 Å². The maximum Gasteiger partial charge on any atom is 0.407 e. The summed E-state index contributed by atoms with van der Waals surface area (Å²) in [6.07, 6.45) is 34.8. The number of nitrogens with one attached hydrogen (secondary N) is 2. The van der Waals surface area contributed by atoms with Crippen LogP contribution in [-0.2, 0) is 9.53 Å². The van der Waals surface area contributed by atoms with Gasteiger partial charge in [0.15, 0.2) is 11.2 Å². The van der Waals surface area contributed by atoms with Crippen LogP contribution in [0.5, 0.6) is 0 Å². The molecule has 0 spiro atoms. The molecule has 0 aromatic carbocycles. The summed E-state index contributed by atoms with van der Waals surface area (Å²) in [6, 6.07) is 0. The molecule has 3 N–H and O–H groups in total. The molecule has 3 rings (SSSR count). The van der Waals surface area contributed by atoms with Gasteiger partial charge in [-0.05, 0) is 57.8 Å². The zero-order chi connectivity index (χ0) is 32.8. The van der Waals surface area contributed by atoms with E-state index in [9.17, 15) is 19.5 Å². The minimum Gasteiger partial charge on any atom is -0.465 e. The molecular weight excluding hydrogens is 584 g/mol. The van der Waals surface area contributed by atoms with Crippen molar-refractivity contribution in [2.45, 2.75) is 83.5 Å². The molecule has 11 nitrogen and oxygen atoms in total. The Labute approximate surface area is 271 Å². The first-order chi connectivity index (χ1) is 22.5. The Bertz CT molecular complexity index is 1450. The van der Waals surface area contributed by atoms with E-state index in [0.717, 1.165) is 38.5 Å². The number of H-pyrrole nitrogens is 1. The van der Waals surface area contributed by atoms with Gasteiger partial charge in [0.25, 0.3) is 5.56 Å². The van der Waals surface area contributed by atoms with E-state index in [1.165, 1.54) is 17.6 Å². The first-order valence-corrected chi connectivity index (χ1v) is 16.2. The summed E-state index contributed by atoms with van der Waals surface area (Å²) in [4.78, 5) is 48.0. The van der Waals surface area contributed by atoms with Crippen molar-refractivity contribution in [1.29, 1.82) is 0 Å². The van der Waals surface area contributed by atoms with Gasteiger partial charge in [-0.2, -0.15) is 0 Å². The lowest BCUT2D eigenvalue weighted by Crippen LogP contribution is -2.41. The number of fused-ring (bicyclic) bond motifs is 1. The molecule has 46 heavy (non-hydrogen) atoms. The second-order valence-corrected chi connectivity index (χ2v) is 10.9. The Morgan fingerprint density at radius 2 is 1.57 bits per heavy atom. The lowest BCUT2D eigenvalue weighted by atomic mass is 10.2. The van der Waals surface area contributed by atoms with Gasteiger partial charge in [0.2, 0.25) is 5.91 Å². The highest BCUT2D eigenvalue weighted by molar-refractivity contribution is 5.76. The lowest BCUT2D eigenvalue weighted by molar-refractivity contribution is -0.121. The highest BCUT2D eigenvalue weighted by Gasteiger charge is 2.30. The van der Waals surface area contributed by atoms with Crippen LogP contribution in [0.25, 0.3) is 11.2 Å². The maximum atomic E-state index is 12.2. The number of imidazole rings is 1. The fourth-order valence-corrected chi connectivity index (χ4v) is 4.88. The van der Waals surface area contributed by atoms with Crippen LogP contribution in [0.1, 0.15) is 77.4 Å². The van der Waals surface area contributed by atoms with Gasteiger partial charge in [-0.15, -0.1) is 0 Å². The summed E-state index contributed by atoms with van der Waals surface area (Å²) in [5.41, 5.74) is 0.337. The second kappa shape index (κ2) is 21.3. The van der Waals surface area contributed by atoms with Gasteiger partial charge in [-0.3, -0.25) is 14.2 Å². The summed E-state index contributed by atoms with van der Waals surface area (Å²) < 4.78 is 7.77. The number of carbonyl (C=O) groups is 2. The molecular formula is C35H48N6O5. The van der Waals surface area contributed by atoms with Crippen LogP contribution in [0, 0.1) is 0 Å². The minimum absolute atomic E-state index is 0.114. The molecule has 0 aliphatic carbocycles. The second-order valence-electron chi connectivity index (χ2n) is 10.9. The summed E-state index contributed by atoms with van der Waals surface area (Å²) in [7, 11) is 0. The van der Waals surface area contributed by atoms with Crippen molar-refractivity contribution in [3.63, 3.8) is 0 Å². The maximum absolute atomic E-state index is 12.2. The van der Waals surface area contributed by atoms with E-state index in [1.54, 1.807) is 4.57 Å². The lowest BCUT2D eigenvalue weighted by Gasteiger charge is -2.23. The summed E-state index contributed by atoms with van der Waals surface area (Å²) in [5.74, 6) is -0.114. The van der Waals surface area contributed by atoms with E-state index in [0.29, 0.717) is 31.3 Å². The highest BCUT2D eigenvalue weighted by atomic mass is 16.5. The number of allylic oxidation sites excluding steroid dienone is 12. The SMILES string of the molecule is CCC=CCC=CCC=CCC=CCC=CCC=CCCC(=O)NCCN(C[C@@H]1CC[C@H](n2cnc3c(=O)[nH]cnc32)O1)C(=O)O. The molecule has 2 amide bonds. The number of nitrogens with zero attached hydrogens (tertiary/aromatic N) is 4. The Kier molecular flexibility index (Phi) is 16.6. The average Bonchev–Trinajstić information content (AvgIpc) is 3.69. The average molecular weight is 633 g/mol. The van der Waals surface area contributed by atoms with Gasteiger partial charge in [0.05, 0.1) is 25.3 Å². The number of carbonyl (C=O) groups excluding carboxylic acids is 1. The van der Waals surface area contributed by atoms with Crippen LogP contribution in [-0.4, -0.2) is 67.3 Å². The predicted molar refractivity (Wildman–Crippen MR) is 181 cm³/mol. The number of aromatic amines is 1. The first kappa shape index (κ1) is 36.0. The fraction of sp³-hybridized carbons (Fsp3) is 0.457. The topological polar surface area (TPSA) is 142 Å². The van der Waals surface area contributed by atoms with Gasteiger partial charge in [0.1, 0.15) is 6.23 Å². The molecule has 0 saturated carbocycles. The van der Waals surface area contributed by atoms with Crippen molar-refractivity contribution in [3.8, 4) is 0 Å². The molecule has 1 saturated heterocycles. The van der Waals surface area contributed by atoms with Crippen LogP contribution in [0.4, 0.5) is 4.79 Å². The molecule has 248 valence electrons. The largest absolute Gasteiger partial charge is 0.465 e. The monoisotopic (exact) mass is 632 g/mol. The van der Waals surface area contributed by atoms with Crippen LogP contribution in [0.2, 0.25) is 0 Å². The first-order valence-electron chi connectivity index (χ1n) is 16.2. The van der Waals surface area contributed by atoms with Crippen LogP contribution < -0.4 is 10.9 Å². The minimum atomic E-state index is -1.07. The fourth-order valence-electron chi connectivity index (χ4n) is 4.88. The molecule has 1 aliphatic heterocycles. The number of aromatic nitrogens is 4. The van der Waals surface area contributed by atoms with Crippen molar-refractivity contribution in [2.75, 3.05) is 19.6 Å². The zero-order valence-corrected chi connectivity index (χ0v) is 26.8. The van der Waals surface area contributed by atoms with E-state index in [4.69, 9.17) is 4.74 Å². The molecule has 11 heteroatoms. The number of hydrogen-bond donors (Lipinski definition) is 3. The third-order valence-electron chi connectivity index (χ3n) is 7.29. The molecule has 3 heterocycles. The smallest absolute Gasteiger partial charge is 0.407 e. The van der Waals surface area contributed by atoms with Crippen molar-refractivity contribution in [1.82, 2.24) is 29.7 Å². The summed E-state index contributed by atoms with van der Waals surface area (Å²) in [6.45, 7) is 2.71. The Morgan fingerprint density at radius 1 is 0.957 bits per heavy atom. The predicted octanol–water partition coefficient (Wildman–Crippen LogP) is 6.37. The van der Waals surface area contributed by atoms with Gasteiger partial charge in [-0.1, -0.05) is 79.8 Å². The molecule has 0 bridgehead atoms. The molecule has 0 unspecified atom stereocenters. The summed E-state index contributed by atoms with van der Waals surface area (Å²) >= 11 is 0. The van der Waals surface area contributed by atoms with Gasteiger partial charge in [0, 0.05) is 19.5 Å². The Hall–Kier alpha value is -4.51. The molecule has 2 aromatic rings. The van der Waals surface area contributed by atoms with Gasteiger partial charge >= 0.3 is 6.09 Å².